The van der Waals surface area contributed by atoms with E-state index in [4.69, 9.17) is 4.42 Å². The Morgan fingerprint density at radius 2 is 2.03 bits per heavy atom. The van der Waals surface area contributed by atoms with Crippen LogP contribution in [0.3, 0.4) is 0 Å². The van der Waals surface area contributed by atoms with Gasteiger partial charge in [-0.25, -0.2) is 4.99 Å². The summed E-state index contributed by atoms with van der Waals surface area (Å²) < 4.78 is 5.73. The fourth-order valence-corrected chi connectivity index (χ4v) is 4.28. The smallest absolute Gasteiger partial charge is 0.243 e. The summed E-state index contributed by atoms with van der Waals surface area (Å²) >= 11 is 0. The molecule has 3 unspecified atom stereocenters. The second-order valence-corrected chi connectivity index (χ2v) is 8.62. The van der Waals surface area contributed by atoms with Crippen LogP contribution >= 0.6 is 0 Å². The predicted octanol–water partition coefficient (Wildman–Crippen LogP) is 2.62. The Balaban J connectivity index is 1.68. The molecule has 0 spiro atoms. The summed E-state index contributed by atoms with van der Waals surface area (Å²) in [6.45, 7) is 5.34. The van der Waals surface area contributed by atoms with Crippen LogP contribution in [-0.4, -0.2) is 68.0 Å². The van der Waals surface area contributed by atoms with Crippen LogP contribution in [0.2, 0.25) is 0 Å². The van der Waals surface area contributed by atoms with Gasteiger partial charge in [-0.15, -0.1) is 0 Å². The molecule has 7 heteroatoms. The van der Waals surface area contributed by atoms with Crippen LogP contribution in [0.4, 0.5) is 0 Å². The van der Waals surface area contributed by atoms with E-state index >= 15 is 0 Å². The third-order valence-electron chi connectivity index (χ3n) is 6.22. The van der Waals surface area contributed by atoms with Crippen LogP contribution in [0.5, 0.6) is 0 Å². The average molecular weight is 404 g/mol. The molecule has 0 bridgehead atoms. The molecule has 162 valence electrons. The molecule has 1 aromatic heterocycles. The number of furan rings is 1. The average Bonchev–Trinajstić information content (AvgIpc) is 3.42. The van der Waals surface area contributed by atoms with Crippen molar-refractivity contribution < 1.29 is 9.21 Å². The van der Waals surface area contributed by atoms with Crippen molar-refractivity contribution in [2.45, 2.75) is 57.5 Å². The molecular weight excluding hydrogens is 366 g/mol. The van der Waals surface area contributed by atoms with Gasteiger partial charge < -0.3 is 20.0 Å². The van der Waals surface area contributed by atoms with E-state index in [0.29, 0.717) is 18.5 Å². The number of carbonyl (C=O) groups is 1. The Bertz CT molecular complexity index is 652. The van der Waals surface area contributed by atoms with Crippen molar-refractivity contribution in [2.75, 3.05) is 40.3 Å². The Morgan fingerprint density at radius 3 is 2.69 bits per heavy atom. The minimum absolute atomic E-state index is 0.00456. The number of rotatable bonds is 7. The van der Waals surface area contributed by atoms with Gasteiger partial charge in [-0.2, -0.15) is 0 Å². The molecule has 1 aliphatic heterocycles. The van der Waals surface area contributed by atoms with Gasteiger partial charge in [0, 0.05) is 26.7 Å². The van der Waals surface area contributed by atoms with Gasteiger partial charge in [-0.1, -0.05) is 19.8 Å². The lowest BCUT2D eigenvalue weighted by molar-refractivity contribution is -0.127. The lowest BCUT2D eigenvalue weighted by Crippen LogP contribution is -2.49. The van der Waals surface area contributed by atoms with Gasteiger partial charge in [0.15, 0.2) is 5.96 Å². The van der Waals surface area contributed by atoms with Crippen molar-refractivity contribution in [2.24, 2.45) is 10.9 Å². The third kappa shape index (κ3) is 6.23. The zero-order valence-electron chi connectivity index (χ0n) is 18.2. The van der Waals surface area contributed by atoms with E-state index in [1.807, 2.05) is 12.1 Å². The van der Waals surface area contributed by atoms with Gasteiger partial charge >= 0.3 is 0 Å². The molecule has 1 aromatic rings. The molecule has 1 aliphatic carbocycles. The maximum atomic E-state index is 12.1. The van der Waals surface area contributed by atoms with Gasteiger partial charge in [-0.3, -0.25) is 9.69 Å². The van der Waals surface area contributed by atoms with Gasteiger partial charge in [-0.05, 0) is 56.8 Å². The molecule has 0 radical (unpaired) electrons. The Hall–Kier alpha value is -2.02. The quantitative estimate of drug-likeness (QED) is 0.541. The molecule has 2 aliphatic rings. The number of likely N-dealkylation sites (tertiary alicyclic amines) is 1. The number of carbonyl (C=O) groups excluding carboxylic acids is 1. The highest BCUT2D eigenvalue weighted by molar-refractivity contribution is 5.85. The molecule has 3 rings (SSSR count). The number of nitrogens with one attached hydrogen (secondary N) is 2. The maximum absolute atomic E-state index is 12.1. The van der Waals surface area contributed by atoms with Crippen molar-refractivity contribution in [1.82, 2.24) is 20.4 Å². The third-order valence-corrected chi connectivity index (χ3v) is 6.22. The van der Waals surface area contributed by atoms with E-state index in [1.54, 1.807) is 25.3 Å². The zero-order chi connectivity index (χ0) is 20.6. The molecule has 7 nitrogen and oxygen atoms in total. The van der Waals surface area contributed by atoms with Crippen molar-refractivity contribution in [1.29, 1.82) is 0 Å². The van der Waals surface area contributed by atoms with Crippen LogP contribution in [0.25, 0.3) is 0 Å². The first-order chi connectivity index (χ1) is 14.0. The number of likely N-dealkylation sites (N-methyl/N-ethyl adjacent to an activating group) is 1. The second-order valence-electron chi connectivity index (χ2n) is 8.62. The van der Waals surface area contributed by atoms with E-state index in [9.17, 15) is 4.79 Å². The number of hydrogen-bond donors (Lipinski definition) is 2. The molecule has 2 heterocycles. The molecule has 1 saturated heterocycles. The summed E-state index contributed by atoms with van der Waals surface area (Å²) in [6.07, 6.45) is 9.13. The maximum Gasteiger partial charge on any atom is 0.243 e. The first-order valence-corrected chi connectivity index (χ1v) is 11.1. The summed E-state index contributed by atoms with van der Waals surface area (Å²) in [6, 6.07) is 4.57. The van der Waals surface area contributed by atoms with E-state index in [2.05, 4.69) is 27.4 Å². The molecule has 0 aromatic carbocycles. The summed E-state index contributed by atoms with van der Waals surface area (Å²) in [5.41, 5.74) is 0. The van der Waals surface area contributed by atoms with Crippen molar-refractivity contribution in [3.05, 3.63) is 24.2 Å². The van der Waals surface area contributed by atoms with Crippen molar-refractivity contribution >= 4 is 11.9 Å². The minimum atomic E-state index is 0.00456. The van der Waals surface area contributed by atoms with Gasteiger partial charge in [0.1, 0.15) is 12.3 Å². The molecule has 1 amide bonds. The summed E-state index contributed by atoms with van der Waals surface area (Å²) in [5, 5.41) is 7.12. The highest BCUT2D eigenvalue weighted by Gasteiger charge is 2.27. The van der Waals surface area contributed by atoms with Crippen LogP contribution in [0.1, 0.15) is 57.3 Å². The second kappa shape index (κ2) is 10.7. The fraction of sp³-hybridized carbons (Fsp3) is 0.727. The number of hydrogen-bond acceptors (Lipinski definition) is 4. The van der Waals surface area contributed by atoms with E-state index in [0.717, 1.165) is 31.2 Å². The molecule has 3 atom stereocenters. The molecular formula is C22H37N5O2. The van der Waals surface area contributed by atoms with E-state index in [1.165, 1.54) is 32.1 Å². The Kier molecular flexibility index (Phi) is 7.98. The number of guanidine groups is 1. The van der Waals surface area contributed by atoms with Crippen molar-refractivity contribution in [3.63, 3.8) is 0 Å². The van der Waals surface area contributed by atoms with Gasteiger partial charge in [0.25, 0.3) is 0 Å². The number of nitrogens with zero attached hydrogens (tertiary/aromatic N) is 3. The first-order valence-electron chi connectivity index (χ1n) is 11.1. The molecule has 2 fully saturated rings. The summed E-state index contributed by atoms with van der Waals surface area (Å²) in [5.74, 6) is 2.33. The molecule has 2 N–H and O–H groups in total. The number of aliphatic imine (C=N–C) groups is 1. The first kappa shape index (κ1) is 21.7. The normalized spacial score (nSPS) is 24.3. The van der Waals surface area contributed by atoms with E-state index in [-0.39, 0.29) is 18.5 Å². The topological polar surface area (TPSA) is 73.1 Å². The fourth-order valence-electron chi connectivity index (χ4n) is 4.28. The minimum Gasteiger partial charge on any atom is -0.468 e. The van der Waals surface area contributed by atoms with Crippen LogP contribution in [0, 0.1) is 5.92 Å². The van der Waals surface area contributed by atoms with Gasteiger partial charge in [0.05, 0.1) is 12.3 Å². The van der Waals surface area contributed by atoms with Crippen LogP contribution in [-0.2, 0) is 4.79 Å². The molecule has 29 heavy (non-hydrogen) atoms. The largest absolute Gasteiger partial charge is 0.468 e. The lowest BCUT2D eigenvalue weighted by atomic mass is 9.86. The van der Waals surface area contributed by atoms with Crippen LogP contribution in [0.15, 0.2) is 27.8 Å². The Labute approximate surface area is 174 Å². The van der Waals surface area contributed by atoms with Crippen molar-refractivity contribution in [3.8, 4) is 0 Å². The SMILES string of the molecule is CC1CCCCC1NC(=NCC(=O)N(C)C)NCC(c1ccco1)N1CCCC1. The molecule has 1 saturated carbocycles. The van der Waals surface area contributed by atoms with E-state index < -0.39 is 0 Å². The highest BCUT2D eigenvalue weighted by Crippen LogP contribution is 2.25. The standard InChI is InChI=1S/C22H37N5O2/c1-17-9-4-5-10-18(17)25-22(24-16-21(28)26(2)3)23-15-19(20-11-8-14-29-20)27-12-6-7-13-27/h8,11,14,17-19H,4-7,9-10,12-13,15-16H2,1-3H3,(H2,23,24,25). The lowest BCUT2D eigenvalue weighted by Gasteiger charge is -2.32. The highest BCUT2D eigenvalue weighted by atomic mass is 16.3. The van der Waals surface area contributed by atoms with Crippen LogP contribution < -0.4 is 10.6 Å². The van der Waals surface area contributed by atoms with Gasteiger partial charge in [0.2, 0.25) is 5.91 Å². The monoisotopic (exact) mass is 403 g/mol. The summed E-state index contributed by atoms with van der Waals surface area (Å²) in [7, 11) is 3.53. The predicted molar refractivity (Wildman–Crippen MR) is 116 cm³/mol. The summed E-state index contributed by atoms with van der Waals surface area (Å²) in [4.78, 5) is 20.7. The number of amides is 1. The Morgan fingerprint density at radius 1 is 1.28 bits per heavy atom. The zero-order valence-corrected chi connectivity index (χ0v) is 18.2.